The summed E-state index contributed by atoms with van der Waals surface area (Å²) < 4.78 is 5.42. The van der Waals surface area contributed by atoms with Gasteiger partial charge in [-0.2, -0.15) is 0 Å². The quantitative estimate of drug-likeness (QED) is 0.775. The molecule has 0 unspecified atom stereocenters. The van der Waals surface area contributed by atoms with Crippen molar-refractivity contribution < 1.29 is 9.53 Å². The van der Waals surface area contributed by atoms with Gasteiger partial charge in [0.2, 0.25) is 5.91 Å². The molecule has 4 nitrogen and oxygen atoms in total. The van der Waals surface area contributed by atoms with E-state index in [4.69, 9.17) is 4.74 Å². The van der Waals surface area contributed by atoms with Crippen molar-refractivity contribution in [3.05, 3.63) is 28.8 Å². The molecule has 19 heavy (non-hydrogen) atoms. The van der Waals surface area contributed by atoms with Crippen molar-refractivity contribution in [3.8, 4) is 5.75 Å². The third-order valence-electron chi connectivity index (χ3n) is 3.20. The minimum atomic E-state index is 0.00353. The number of hydrogen-bond acceptors (Lipinski definition) is 3. The van der Waals surface area contributed by atoms with Crippen molar-refractivity contribution in [1.82, 2.24) is 10.9 Å². The number of benzene rings is 1. The lowest BCUT2D eigenvalue weighted by atomic mass is 9.94. The minimum absolute atomic E-state index is 0.00353. The van der Waals surface area contributed by atoms with Crippen LogP contribution in [0, 0.1) is 6.92 Å². The van der Waals surface area contributed by atoms with Crippen molar-refractivity contribution in [2.45, 2.75) is 39.5 Å². The van der Waals surface area contributed by atoms with Crippen molar-refractivity contribution >= 4 is 5.91 Å². The third-order valence-corrected chi connectivity index (χ3v) is 3.20. The Kier molecular flexibility index (Phi) is 5.83. The van der Waals surface area contributed by atoms with Gasteiger partial charge < -0.3 is 4.74 Å². The Balaban J connectivity index is 2.89. The molecular formula is C15H24N2O2. The van der Waals surface area contributed by atoms with Crippen LogP contribution in [0.2, 0.25) is 0 Å². The highest BCUT2D eigenvalue weighted by atomic mass is 16.5. The Morgan fingerprint density at radius 2 is 2.05 bits per heavy atom. The lowest BCUT2D eigenvalue weighted by Crippen LogP contribution is -2.34. The SMILES string of the molecule is CNNC(=O)CCc1cc(C(C)C)c(OC)cc1C. The standard InChI is InChI=1S/C15H24N2O2/c1-10(2)13-9-12(6-7-15(18)17-16-4)11(3)8-14(13)19-5/h8-10,16H,6-7H2,1-5H3,(H,17,18). The van der Waals surface area contributed by atoms with Crippen molar-refractivity contribution in [1.29, 1.82) is 0 Å². The zero-order chi connectivity index (χ0) is 14.4. The molecule has 0 aromatic heterocycles. The molecule has 106 valence electrons. The number of carbonyl (C=O) groups excluding carboxylic acids is 1. The fourth-order valence-corrected chi connectivity index (χ4v) is 2.09. The second-order valence-corrected chi connectivity index (χ2v) is 4.97. The van der Waals surface area contributed by atoms with Gasteiger partial charge in [0.25, 0.3) is 0 Å². The zero-order valence-corrected chi connectivity index (χ0v) is 12.5. The number of ether oxygens (including phenoxy) is 1. The van der Waals surface area contributed by atoms with Gasteiger partial charge in [0, 0.05) is 13.5 Å². The second kappa shape index (κ2) is 7.14. The summed E-state index contributed by atoms with van der Waals surface area (Å²) in [6.07, 6.45) is 1.22. The summed E-state index contributed by atoms with van der Waals surface area (Å²) in [6, 6.07) is 4.21. The van der Waals surface area contributed by atoms with Crippen LogP contribution in [0.1, 0.15) is 42.9 Å². The van der Waals surface area contributed by atoms with Crippen molar-refractivity contribution in [2.75, 3.05) is 14.2 Å². The number of methoxy groups -OCH3 is 1. The average Bonchev–Trinajstić information content (AvgIpc) is 2.36. The summed E-state index contributed by atoms with van der Waals surface area (Å²) >= 11 is 0. The molecule has 1 aromatic carbocycles. The first-order chi connectivity index (χ1) is 8.99. The van der Waals surface area contributed by atoms with Gasteiger partial charge in [0.1, 0.15) is 5.75 Å². The number of aryl methyl sites for hydroxylation is 2. The first kappa shape index (κ1) is 15.5. The van der Waals surface area contributed by atoms with Crippen LogP contribution >= 0.6 is 0 Å². The largest absolute Gasteiger partial charge is 0.496 e. The topological polar surface area (TPSA) is 50.4 Å². The summed E-state index contributed by atoms with van der Waals surface area (Å²) in [5.74, 6) is 1.33. The first-order valence-electron chi connectivity index (χ1n) is 6.62. The van der Waals surface area contributed by atoms with Gasteiger partial charge in [-0.3, -0.25) is 10.2 Å². The van der Waals surface area contributed by atoms with Crippen LogP contribution in [0.4, 0.5) is 0 Å². The zero-order valence-electron chi connectivity index (χ0n) is 12.5. The Morgan fingerprint density at radius 3 is 2.58 bits per heavy atom. The fraction of sp³-hybridized carbons (Fsp3) is 0.533. The monoisotopic (exact) mass is 264 g/mol. The van der Waals surface area contributed by atoms with E-state index in [0.717, 1.165) is 12.2 Å². The smallest absolute Gasteiger partial charge is 0.234 e. The predicted octanol–water partition coefficient (Wildman–Crippen LogP) is 2.31. The molecule has 0 fully saturated rings. The Labute approximate surface area is 115 Å². The van der Waals surface area contributed by atoms with Gasteiger partial charge in [0.15, 0.2) is 0 Å². The van der Waals surface area contributed by atoms with Gasteiger partial charge in [-0.15, -0.1) is 0 Å². The number of amides is 1. The Bertz CT molecular complexity index is 442. The van der Waals surface area contributed by atoms with Crippen molar-refractivity contribution in [2.24, 2.45) is 0 Å². The summed E-state index contributed by atoms with van der Waals surface area (Å²) in [6.45, 7) is 6.34. The number of nitrogens with one attached hydrogen (secondary N) is 2. The maximum atomic E-state index is 11.5. The van der Waals surface area contributed by atoms with Crippen LogP contribution in [0.25, 0.3) is 0 Å². The number of carbonyl (C=O) groups is 1. The Hall–Kier alpha value is -1.55. The van der Waals surface area contributed by atoms with Gasteiger partial charge >= 0.3 is 0 Å². The molecular weight excluding hydrogens is 240 g/mol. The molecule has 2 N–H and O–H groups in total. The maximum absolute atomic E-state index is 11.5. The molecule has 4 heteroatoms. The van der Waals surface area contributed by atoms with E-state index in [1.807, 2.05) is 0 Å². The molecule has 0 atom stereocenters. The molecule has 0 aliphatic heterocycles. The maximum Gasteiger partial charge on any atom is 0.234 e. The minimum Gasteiger partial charge on any atom is -0.496 e. The summed E-state index contributed by atoms with van der Waals surface area (Å²) in [4.78, 5) is 11.5. The highest BCUT2D eigenvalue weighted by molar-refractivity contribution is 5.75. The third kappa shape index (κ3) is 4.24. The number of rotatable bonds is 6. The second-order valence-electron chi connectivity index (χ2n) is 4.97. The molecule has 0 saturated heterocycles. The van der Waals surface area contributed by atoms with E-state index in [-0.39, 0.29) is 5.91 Å². The molecule has 0 heterocycles. The lowest BCUT2D eigenvalue weighted by molar-refractivity contribution is -0.121. The molecule has 0 saturated carbocycles. The first-order valence-corrected chi connectivity index (χ1v) is 6.62. The van der Waals surface area contributed by atoms with E-state index in [2.05, 4.69) is 43.8 Å². The van der Waals surface area contributed by atoms with E-state index >= 15 is 0 Å². The van der Waals surface area contributed by atoms with Crippen LogP contribution < -0.4 is 15.6 Å². The lowest BCUT2D eigenvalue weighted by Gasteiger charge is -2.16. The predicted molar refractivity (Wildman–Crippen MR) is 77.3 cm³/mol. The van der Waals surface area contributed by atoms with Gasteiger partial charge in [0.05, 0.1) is 7.11 Å². The molecule has 0 spiro atoms. The molecule has 0 aliphatic rings. The van der Waals surface area contributed by atoms with Crippen LogP contribution in [-0.2, 0) is 11.2 Å². The van der Waals surface area contributed by atoms with E-state index < -0.39 is 0 Å². The number of hydrazine groups is 1. The highest BCUT2D eigenvalue weighted by Crippen LogP contribution is 2.30. The molecule has 1 rings (SSSR count). The van der Waals surface area contributed by atoms with Crippen molar-refractivity contribution in [3.63, 3.8) is 0 Å². The normalized spacial score (nSPS) is 10.6. The summed E-state index contributed by atoms with van der Waals surface area (Å²) in [5, 5.41) is 0. The molecule has 0 radical (unpaired) electrons. The van der Waals surface area contributed by atoms with Crippen LogP contribution in [0.5, 0.6) is 5.75 Å². The van der Waals surface area contributed by atoms with Gasteiger partial charge in [-0.1, -0.05) is 19.9 Å². The van der Waals surface area contributed by atoms with Crippen LogP contribution in [0.15, 0.2) is 12.1 Å². The molecule has 1 amide bonds. The molecule has 0 aliphatic carbocycles. The summed E-state index contributed by atoms with van der Waals surface area (Å²) in [5.41, 5.74) is 8.79. The van der Waals surface area contributed by atoms with E-state index in [0.29, 0.717) is 12.3 Å². The Morgan fingerprint density at radius 1 is 1.37 bits per heavy atom. The summed E-state index contributed by atoms with van der Waals surface area (Å²) in [7, 11) is 3.38. The molecule has 1 aromatic rings. The van der Waals surface area contributed by atoms with Gasteiger partial charge in [-0.05, 0) is 42.0 Å². The van der Waals surface area contributed by atoms with E-state index in [1.54, 1.807) is 14.2 Å². The van der Waals surface area contributed by atoms with Gasteiger partial charge in [-0.25, -0.2) is 5.43 Å². The van der Waals surface area contributed by atoms with Crippen LogP contribution in [-0.4, -0.2) is 20.1 Å². The van der Waals surface area contributed by atoms with E-state index in [1.165, 1.54) is 16.7 Å². The van der Waals surface area contributed by atoms with E-state index in [9.17, 15) is 4.79 Å². The number of hydrogen-bond donors (Lipinski definition) is 2. The molecule has 0 bridgehead atoms. The van der Waals surface area contributed by atoms with Crippen LogP contribution in [0.3, 0.4) is 0 Å². The average molecular weight is 264 g/mol. The fourth-order valence-electron chi connectivity index (χ4n) is 2.09. The highest BCUT2D eigenvalue weighted by Gasteiger charge is 2.12.